The molecule has 0 spiro atoms. The summed E-state index contributed by atoms with van der Waals surface area (Å²) in [6.45, 7) is 4.40. The molecule has 1 N–H and O–H groups in total. The Morgan fingerprint density at radius 1 is 1.38 bits per heavy atom. The monoisotopic (exact) mass is 369 g/mol. The van der Waals surface area contributed by atoms with Crippen molar-refractivity contribution in [2.24, 2.45) is 0 Å². The lowest BCUT2D eigenvalue weighted by Gasteiger charge is -2.43. The number of H-pyrrole nitrogens is 1. The van der Waals surface area contributed by atoms with Crippen molar-refractivity contribution in [3.05, 3.63) is 35.5 Å². The molecule has 130 valence electrons. The van der Waals surface area contributed by atoms with Crippen LogP contribution in [0.2, 0.25) is 0 Å². The van der Waals surface area contributed by atoms with Crippen LogP contribution in [0.4, 0.5) is 0 Å². The Morgan fingerprint density at radius 2 is 2.12 bits per heavy atom. The maximum Gasteiger partial charge on any atom is 0.346 e. The topological polar surface area (TPSA) is 51.3 Å². The molecule has 1 aliphatic heterocycles. The maximum atomic E-state index is 12.5. The number of ether oxygens (including phenoxy) is 2. The second-order valence-electron chi connectivity index (χ2n) is 5.99. The summed E-state index contributed by atoms with van der Waals surface area (Å²) in [6.07, 6.45) is 2.02. The summed E-state index contributed by atoms with van der Waals surface area (Å²) in [5.41, 5.74) is 1.74. The van der Waals surface area contributed by atoms with E-state index in [9.17, 15) is 4.79 Å². The number of carbonyl (C=O) groups is 1. The maximum absolute atomic E-state index is 12.5. The zero-order valence-corrected chi connectivity index (χ0v) is 15.3. The molecule has 3 rings (SSSR count). The van der Waals surface area contributed by atoms with E-state index >= 15 is 0 Å². The van der Waals surface area contributed by atoms with Crippen molar-refractivity contribution in [2.75, 3.05) is 13.2 Å². The molecule has 6 heteroatoms. The van der Waals surface area contributed by atoms with Crippen molar-refractivity contribution in [1.29, 1.82) is 0 Å². The summed E-state index contributed by atoms with van der Waals surface area (Å²) >= 11 is 13.2. The van der Waals surface area contributed by atoms with Gasteiger partial charge in [-0.2, -0.15) is 0 Å². The molecule has 2 aromatic rings. The molecule has 0 aliphatic carbocycles. The van der Waals surface area contributed by atoms with Crippen molar-refractivity contribution >= 4 is 40.1 Å². The summed E-state index contributed by atoms with van der Waals surface area (Å²) in [7, 11) is 0. The largest absolute Gasteiger partial charge is 0.464 e. The van der Waals surface area contributed by atoms with Crippen LogP contribution in [0.3, 0.4) is 0 Å². The lowest BCUT2D eigenvalue weighted by Crippen LogP contribution is -2.54. The number of hydrogen-bond acceptors (Lipinski definition) is 3. The minimum absolute atomic E-state index is 0.210. The first kappa shape index (κ1) is 17.6. The number of halogens is 2. The number of benzene rings is 1. The molecule has 1 unspecified atom stereocenters. The Labute approximate surface area is 151 Å². The van der Waals surface area contributed by atoms with E-state index in [2.05, 4.69) is 11.1 Å². The van der Waals surface area contributed by atoms with Gasteiger partial charge in [-0.15, -0.1) is 0 Å². The molecular weight excluding hydrogens is 349 g/mol. The van der Waals surface area contributed by atoms with E-state index in [-0.39, 0.29) is 6.61 Å². The number of para-hydroxylation sites is 1. The average Bonchev–Trinajstić information content (AvgIpc) is 2.95. The van der Waals surface area contributed by atoms with Gasteiger partial charge in [-0.05, 0) is 31.4 Å². The number of alkyl halides is 2. The minimum Gasteiger partial charge on any atom is -0.464 e. The first-order chi connectivity index (χ1) is 11.5. The predicted octanol–water partition coefficient (Wildman–Crippen LogP) is 4.47. The van der Waals surface area contributed by atoms with Gasteiger partial charge in [-0.3, -0.25) is 0 Å². The summed E-state index contributed by atoms with van der Waals surface area (Å²) in [4.78, 5) is 15.9. The van der Waals surface area contributed by atoms with Crippen molar-refractivity contribution in [3.8, 4) is 0 Å². The van der Waals surface area contributed by atoms with E-state index in [0.717, 1.165) is 35.0 Å². The SMILES string of the molecule is CCCC1(C(Cl)(Cl)C(=O)OCC)OCCc2c1[nH]c1ccccc21. The molecule has 1 atom stereocenters. The quantitative estimate of drug-likeness (QED) is 0.624. The van der Waals surface area contributed by atoms with Crippen LogP contribution in [-0.4, -0.2) is 28.5 Å². The van der Waals surface area contributed by atoms with E-state index < -0.39 is 15.9 Å². The van der Waals surface area contributed by atoms with Gasteiger partial charge >= 0.3 is 5.97 Å². The van der Waals surface area contributed by atoms with Crippen LogP contribution >= 0.6 is 23.2 Å². The third kappa shape index (κ3) is 2.52. The minimum atomic E-state index is -1.82. The number of hydrogen-bond donors (Lipinski definition) is 1. The molecule has 1 aromatic carbocycles. The van der Waals surface area contributed by atoms with Crippen LogP contribution in [0.15, 0.2) is 24.3 Å². The molecule has 4 nitrogen and oxygen atoms in total. The third-order valence-corrected chi connectivity index (χ3v) is 5.48. The van der Waals surface area contributed by atoms with E-state index in [4.69, 9.17) is 32.7 Å². The van der Waals surface area contributed by atoms with Crippen LogP contribution in [0.5, 0.6) is 0 Å². The molecule has 0 radical (unpaired) electrons. The van der Waals surface area contributed by atoms with Crippen molar-refractivity contribution in [2.45, 2.75) is 43.0 Å². The normalized spacial score (nSPS) is 20.8. The lowest BCUT2D eigenvalue weighted by atomic mass is 9.84. The van der Waals surface area contributed by atoms with E-state index in [1.165, 1.54) is 0 Å². The Balaban J connectivity index is 2.21. The van der Waals surface area contributed by atoms with Gasteiger partial charge < -0.3 is 14.5 Å². The van der Waals surface area contributed by atoms with E-state index in [0.29, 0.717) is 13.0 Å². The first-order valence-corrected chi connectivity index (χ1v) is 9.02. The molecule has 24 heavy (non-hydrogen) atoms. The van der Waals surface area contributed by atoms with Gasteiger partial charge in [-0.25, -0.2) is 4.79 Å². The highest BCUT2D eigenvalue weighted by atomic mass is 35.5. The van der Waals surface area contributed by atoms with Gasteiger partial charge in [-0.1, -0.05) is 54.7 Å². The molecule has 0 amide bonds. The molecule has 0 fully saturated rings. The molecular formula is C18H21Cl2NO3. The first-order valence-electron chi connectivity index (χ1n) is 8.27. The Morgan fingerprint density at radius 3 is 2.83 bits per heavy atom. The molecule has 1 aromatic heterocycles. The zero-order valence-electron chi connectivity index (χ0n) is 13.8. The van der Waals surface area contributed by atoms with Gasteiger partial charge in [0.15, 0.2) is 5.60 Å². The number of aromatic amines is 1. The van der Waals surface area contributed by atoms with Crippen molar-refractivity contribution in [1.82, 2.24) is 4.98 Å². The third-order valence-electron chi connectivity index (χ3n) is 4.56. The second-order valence-corrected chi connectivity index (χ2v) is 7.32. The lowest BCUT2D eigenvalue weighted by molar-refractivity contribution is -0.157. The highest BCUT2D eigenvalue weighted by Crippen LogP contribution is 2.52. The fourth-order valence-electron chi connectivity index (χ4n) is 3.54. The van der Waals surface area contributed by atoms with E-state index in [1.54, 1.807) is 6.92 Å². The smallest absolute Gasteiger partial charge is 0.346 e. The zero-order chi connectivity index (χ0) is 17.4. The fourth-order valence-corrected chi connectivity index (χ4v) is 4.14. The van der Waals surface area contributed by atoms with Crippen molar-refractivity contribution < 1.29 is 14.3 Å². The Hall–Kier alpha value is -1.23. The standard InChI is InChI=1S/C18H21Cl2NO3/c1-3-10-17(18(19,20)16(22)23-4-2)15-13(9-11-24-17)12-7-5-6-8-14(12)21-15/h5-8,21H,3-4,9-11H2,1-2H3. The number of fused-ring (bicyclic) bond motifs is 3. The van der Waals surface area contributed by atoms with Gasteiger partial charge in [0.25, 0.3) is 0 Å². The summed E-state index contributed by atoms with van der Waals surface area (Å²) in [6, 6.07) is 8.01. The highest BCUT2D eigenvalue weighted by Gasteiger charge is 2.60. The number of rotatable bonds is 5. The molecule has 0 saturated carbocycles. The number of aromatic nitrogens is 1. The molecule has 0 bridgehead atoms. The van der Waals surface area contributed by atoms with Crippen LogP contribution < -0.4 is 0 Å². The fraction of sp³-hybridized carbons (Fsp3) is 0.500. The molecule has 2 heterocycles. The van der Waals surface area contributed by atoms with Gasteiger partial charge in [0.05, 0.1) is 18.9 Å². The van der Waals surface area contributed by atoms with Gasteiger partial charge in [0.2, 0.25) is 4.33 Å². The number of nitrogens with one attached hydrogen (secondary N) is 1. The number of esters is 1. The summed E-state index contributed by atoms with van der Waals surface area (Å²) < 4.78 is 9.40. The second kappa shape index (κ2) is 6.58. The molecule has 0 saturated heterocycles. The Bertz CT molecular complexity index is 756. The molecule has 1 aliphatic rings. The summed E-state index contributed by atoms with van der Waals surface area (Å²) in [5, 5.41) is 1.12. The number of carbonyl (C=O) groups excluding carboxylic acids is 1. The van der Waals surface area contributed by atoms with Crippen LogP contribution in [0.25, 0.3) is 10.9 Å². The van der Waals surface area contributed by atoms with Crippen LogP contribution in [0.1, 0.15) is 37.9 Å². The van der Waals surface area contributed by atoms with Gasteiger partial charge in [0.1, 0.15) is 0 Å². The summed E-state index contributed by atoms with van der Waals surface area (Å²) in [5.74, 6) is -0.673. The average molecular weight is 370 g/mol. The van der Waals surface area contributed by atoms with Crippen LogP contribution in [0, 0.1) is 0 Å². The van der Waals surface area contributed by atoms with E-state index in [1.807, 2.05) is 25.1 Å². The van der Waals surface area contributed by atoms with Crippen molar-refractivity contribution in [3.63, 3.8) is 0 Å². The highest BCUT2D eigenvalue weighted by molar-refractivity contribution is 6.58. The Kier molecular flexibility index (Phi) is 4.82. The predicted molar refractivity (Wildman–Crippen MR) is 95.6 cm³/mol. The van der Waals surface area contributed by atoms with Crippen LogP contribution in [-0.2, 0) is 26.3 Å². The van der Waals surface area contributed by atoms with Gasteiger partial charge in [0, 0.05) is 10.9 Å².